The first-order valence-corrected chi connectivity index (χ1v) is 5.78. The van der Waals surface area contributed by atoms with Gasteiger partial charge in [0.25, 0.3) is 0 Å². The Balaban J connectivity index is 2.37. The maximum absolute atomic E-state index is 13.0. The monoisotopic (exact) mass is 319 g/mol. The average molecular weight is 320 g/mol. The number of hydrogen-bond acceptors (Lipinski definition) is 6. The molecule has 2 rings (SSSR count). The fourth-order valence-corrected chi connectivity index (χ4v) is 1.98. The lowest BCUT2D eigenvalue weighted by atomic mass is 10.3. The van der Waals surface area contributed by atoms with Gasteiger partial charge in [-0.15, -0.1) is 5.10 Å². The number of halogens is 2. The minimum atomic E-state index is -0.662. The molecular weight excluding hydrogens is 317 g/mol. The van der Waals surface area contributed by atoms with Crippen LogP contribution in [0.15, 0.2) is 22.1 Å². The van der Waals surface area contributed by atoms with Crippen molar-refractivity contribution in [3.63, 3.8) is 0 Å². The highest BCUT2D eigenvalue weighted by Gasteiger charge is 2.18. The lowest BCUT2D eigenvalue weighted by Crippen LogP contribution is -1.94. The molecule has 0 spiro atoms. The van der Waals surface area contributed by atoms with Crippen molar-refractivity contribution in [3.8, 4) is 10.9 Å². The number of rotatable bonds is 3. The van der Waals surface area contributed by atoms with E-state index in [4.69, 9.17) is 4.74 Å². The molecule has 0 radical (unpaired) electrons. The molecule has 1 heterocycles. The van der Waals surface area contributed by atoms with E-state index in [9.17, 15) is 14.5 Å². The first kappa shape index (κ1) is 11.9. The summed E-state index contributed by atoms with van der Waals surface area (Å²) in [6, 6.07) is 2.94. The van der Waals surface area contributed by atoms with Gasteiger partial charge in [-0.3, -0.25) is 10.1 Å². The number of nitro benzene ring substituents is 1. The summed E-state index contributed by atoms with van der Waals surface area (Å²) >= 11 is 4.10. The molecule has 1 aromatic carbocycles. The van der Waals surface area contributed by atoms with Crippen molar-refractivity contribution in [1.82, 2.24) is 10.2 Å². The van der Waals surface area contributed by atoms with E-state index in [0.717, 1.165) is 29.5 Å². The van der Waals surface area contributed by atoms with Crippen LogP contribution >= 0.6 is 27.3 Å². The standard InChI is InChI=1S/C8H3BrFN3O3S/c9-7-11-12-8(17-7)16-6-3-4(10)1-2-5(6)13(14)15/h1-3H. The summed E-state index contributed by atoms with van der Waals surface area (Å²) in [6.45, 7) is 0. The van der Waals surface area contributed by atoms with Crippen LogP contribution in [0.25, 0.3) is 0 Å². The Morgan fingerprint density at radius 1 is 1.47 bits per heavy atom. The zero-order valence-corrected chi connectivity index (χ0v) is 10.4. The van der Waals surface area contributed by atoms with Gasteiger partial charge in [0.05, 0.1) is 4.92 Å². The summed E-state index contributed by atoms with van der Waals surface area (Å²) in [5, 5.41) is 18.0. The number of ether oxygens (including phenoxy) is 1. The van der Waals surface area contributed by atoms with Crippen molar-refractivity contribution >= 4 is 33.0 Å². The first-order chi connectivity index (χ1) is 8.06. The van der Waals surface area contributed by atoms with E-state index in [-0.39, 0.29) is 16.6 Å². The molecule has 6 nitrogen and oxygen atoms in total. The second-order valence-electron chi connectivity index (χ2n) is 2.79. The topological polar surface area (TPSA) is 78.2 Å². The van der Waals surface area contributed by atoms with Gasteiger partial charge in [-0.25, -0.2) is 4.39 Å². The molecule has 0 aliphatic heterocycles. The Kier molecular flexibility index (Phi) is 3.29. The SMILES string of the molecule is O=[N+]([O-])c1ccc(F)cc1Oc1nnc(Br)s1. The number of nitro groups is 1. The predicted octanol–water partition coefficient (Wildman–Crippen LogP) is 3.14. The van der Waals surface area contributed by atoms with E-state index in [2.05, 4.69) is 26.1 Å². The minimum absolute atomic E-state index is 0.0885. The van der Waals surface area contributed by atoms with Gasteiger partial charge in [-0.05, 0) is 33.3 Å². The van der Waals surface area contributed by atoms with E-state index in [1.807, 2.05) is 0 Å². The normalized spacial score (nSPS) is 10.2. The molecule has 0 atom stereocenters. The second-order valence-corrected chi connectivity index (χ2v) is 5.01. The fourth-order valence-electron chi connectivity index (χ4n) is 1.05. The quantitative estimate of drug-likeness (QED) is 0.641. The Morgan fingerprint density at radius 3 is 2.82 bits per heavy atom. The lowest BCUT2D eigenvalue weighted by Gasteiger charge is -2.01. The van der Waals surface area contributed by atoms with Gasteiger partial charge in [0.15, 0.2) is 3.92 Å². The van der Waals surface area contributed by atoms with Gasteiger partial charge < -0.3 is 4.74 Å². The van der Waals surface area contributed by atoms with E-state index in [0.29, 0.717) is 3.92 Å². The number of aromatic nitrogens is 2. The van der Waals surface area contributed by atoms with E-state index < -0.39 is 10.7 Å². The zero-order chi connectivity index (χ0) is 12.4. The molecule has 1 aromatic heterocycles. The second kappa shape index (κ2) is 4.72. The van der Waals surface area contributed by atoms with Crippen LogP contribution in [0.5, 0.6) is 10.9 Å². The lowest BCUT2D eigenvalue weighted by molar-refractivity contribution is -0.385. The molecular formula is C8H3BrFN3O3S. The van der Waals surface area contributed by atoms with Crippen molar-refractivity contribution in [2.24, 2.45) is 0 Å². The molecule has 0 amide bonds. The predicted molar refractivity (Wildman–Crippen MR) is 60.7 cm³/mol. The number of benzene rings is 1. The summed E-state index contributed by atoms with van der Waals surface area (Å²) in [7, 11) is 0. The maximum atomic E-state index is 13.0. The van der Waals surface area contributed by atoms with Gasteiger partial charge in [-0.1, -0.05) is 5.10 Å². The summed E-state index contributed by atoms with van der Waals surface area (Å²) in [6.07, 6.45) is 0. The molecule has 2 aromatic rings. The zero-order valence-electron chi connectivity index (χ0n) is 7.96. The third-order valence-corrected chi connectivity index (χ3v) is 2.93. The van der Waals surface area contributed by atoms with Crippen LogP contribution in [0, 0.1) is 15.9 Å². The Bertz CT molecular complexity index is 577. The highest BCUT2D eigenvalue weighted by molar-refractivity contribution is 9.11. The Hall–Kier alpha value is -1.61. The summed E-state index contributed by atoms with van der Waals surface area (Å²) in [5.74, 6) is -0.840. The van der Waals surface area contributed by atoms with Gasteiger partial charge in [-0.2, -0.15) is 0 Å². The molecule has 17 heavy (non-hydrogen) atoms. The van der Waals surface area contributed by atoms with Gasteiger partial charge in [0.1, 0.15) is 5.82 Å². The Morgan fingerprint density at radius 2 is 2.24 bits per heavy atom. The minimum Gasteiger partial charge on any atom is -0.422 e. The first-order valence-electron chi connectivity index (χ1n) is 4.17. The molecule has 0 unspecified atom stereocenters. The van der Waals surface area contributed by atoms with Crippen LogP contribution in [-0.2, 0) is 0 Å². The molecule has 0 aliphatic rings. The van der Waals surface area contributed by atoms with Crippen LogP contribution in [0.3, 0.4) is 0 Å². The molecule has 0 aliphatic carbocycles. The largest absolute Gasteiger partial charge is 0.422 e. The number of nitrogens with zero attached hydrogens (tertiary/aromatic N) is 3. The molecule has 0 bridgehead atoms. The molecule has 0 fully saturated rings. The Labute approximate surface area is 106 Å². The van der Waals surface area contributed by atoms with Crippen LogP contribution in [0.2, 0.25) is 0 Å². The summed E-state index contributed by atoms with van der Waals surface area (Å²) in [5.41, 5.74) is -0.335. The van der Waals surface area contributed by atoms with Crippen molar-refractivity contribution in [2.45, 2.75) is 0 Å². The molecule has 9 heteroatoms. The van der Waals surface area contributed by atoms with Crippen molar-refractivity contribution in [3.05, 3.63) is 38.0 Å². The number of hydrogen-bond donors (Lipinski definition) is 0. The highest BCUT2D eigenvalue weighted by atomic mass is 79.9. The van der Waals surface area contributed by atoms with Crippen molar-refractivity contribution in [1.29, 1.82) is 0 Å². The van der Waals surface area contributed by atoms with Crippen molar-refractivity contribution < 1.29 is 14.1 Å². The van der Waals surface area contributed by atoms with Gasteiger partial charge in [0, 0.05) is 12.1 Å². The van der Waals surface area contributed by atoms with E-state index in [1.165, 1.54) is 0 Å². The van der Waals surface area contributed by atoms with Gasteiger partial charge in [0.2, 0.25) is 5.75 Å². The molecule has 0 N–H and O–H groups in total. The molecule has 0 saturated carbocycles. The highest BCUT2D eigenvalue weighted by Crippen LogP contribution is 2.34. The summed E-state index contributed by atoms with van der Waals surface area (Å²) in [4.78, 5) is 10.0. The molecule has 88 valence electrons. The average Bonchev–Trinajstić information content (AvgIpc) is 2.63. The fraction of sp³-hybridized carbons (Fsp3) is 0. The third kappa shape index (κ3) is 2.74. The van der Waals surface area contributed by atoms with Crippen LogP contribution < -0.4 is 4.74 Å². The third-order valence-electron chi connectivity index (χ3n) is 1.70. The smallest absolute Gasteiger partial charge is 0.311 e. The van der Waals surface area contributed by atoms with Crippen molar-refractivity contribution in [2.75, 3.05) is 0 Å². The molecule has 0 saturated heterocycles. The van der Waals surface area contributed by atoms with E-state index >= 15 is 0 Å². The van der Waals surface area contributed by atoms with Gasteiger partial charge >= 0.3 is 10.9 Å². The van der Waals surface area contributed by atoms with Crippen LogP contribution in [0.4, 0.5) is 10.1 Å². The van der Waals surface area contributed by atoms with E-state index in [1.54, 1.807) is 0 Å². The summed E-state index contributed by atoms with van der Waals surface area (Å²) < 4.78 is 18.5. The van der Waals surface area contributed by atoms with Crippen LogP contribution in [-0.4, -0.2) is 15.1 Å². The van der Waals surface area contributed by atoms with Crippen LogP contribution in [0.1, 0.15) is 0 Å². The maximum Gasteiger partial charge on any atom is 0.311 e.